The molecule has 9 nitrogen and oxygen atoms in total. The number of ether oxygens (including phenoxy) is 2. The summed E-state index contributed by atoms with van der Waals surface area (Å²) >= 11 is 0. The number of carbonyl (C=O) groups is 2. The zero-order chi connectivity index (χ0) is 15.7. The SMILES string of the molecule is CC(=O)C1(O)O[C@H](CO)[C@@H](O)[C@H](O[C@H](C)C(=O)O)[C@H]1N. The number of carboxylic acid groups (broad SMARTS) is 1. The van der Waals surface area contributed by atoms with Gasteiger partial charge in [0, 0.05) is 6.92 Å². The fourth-order valence-corrected chi connectivity index (χ4v) is 1.95. The zero-order valence-electron chi connectivity index (χ0n) is 11.1. The summed E-state index contributed by atoms with van der Waals surface area (Å²) in [5.74, 6) is -4.61. The summed E-state index contributed by atoms with van der Waals surface area (Å²) in [7, 11) is 0. The van der Waals surface area contributed by atoms with Crippen LogP contribution in [0.3, 0.4) is 0 Å². The third kappa shape index (κ3) is 2.97. The second-order valence-corrected chi connectivity index (χ2v) is 4.69. The number of aliphatic carboxylic acids is 1. The predicted molar refractivity (Wildman–Crippen MR) is 63.5 cm³/mol. The van der Waals surface area contributed by atoms with E-state index >= 15 is 0 Å². The molecule has 6 N–H and O–H groups in total. The Morgan fingerprint density at radius 3 is 2.45 bits per heavy atom. The Bertz CT molecular complexity index is 389. The number of aliphatic hydroxyl groups excluding tert-OH is 2. The Morgan fingerprint density at radius 1 is 1.50 bits per heavy atom. The van der Waals surface area contributed by atoms with Crippen molar-refractivity contribution in [3.63, 3.8) is 0 Å². The van der Waals surface area contributed by atoms with Crippen molar-refractivity contribution in [1.82, 2.24) is 0 Å². The largest absolute Gasteiger partial charge is 0.479 e. The highest BCUT2D eigenvalue weighted by atomic mass is 16.7. The van der Waals surface area contributed by atoms with Crippen LogP contribution in [-0.2, 0) is 19.1 Å². The monoisotopic (exact) mass is 293 g/mol. The molecule has 6 atom stereocenters. The number of Topliss-reactive ketones (excluding diaryl/α,β-unsaturated/α-hetero) is 1. The van der Waals surface area contributed by atoms with Crippen LogP contribution in [0.2, 0.25) is 0 Å². The topological polar surface area (TPSA) is 160 Å². The van der Waals surface area contributed by atoms with Gasteiger partial charge in [0.2, 0.25) is 5.79 Å². The average Bonchev–Trinajstić information content (AvgIpc) is 2.38. The molecule has 1 unspecified atom stereocenters. The molecule has 1 aliphatic heterocycles. The van der Waals surface area contributed by atoms with Gasteiger partial charge in [-0.15, -0.1) is 0 Å². The summed E-state index contributed by atoms with van der Waals surface area (Å²) < 4.78 is 10.0. The number of aliphatic hydroxyl groups is 3. The Kier molecular flexibility index (Phi) is 5.19. The number of nitrogens with two attached hydrogens (primary N) is 1. The summed E-state index contributed by atoms with van der Waals surface area (Å²) in [6.45, 7) is 1.52. The molecule has 20 heavy (non-hydrogen) atoms. The van der Waals surface area contributed by atoms with Crippen LogP contribution < -0.4 is 5.73 Å². The van der Waals surface area contributed by atoms with E-state index in [1.165, 1.54) is 6.92 Å². The van der Waals surface area contributed by atoms with Crippen LogP contribution in [0.1, 0.15) is 13.8 Å². The summed E-state index contributed by atoms with van der Waals surface area (Å²) in [6, 6.07) is -1.50. The van der Waals surface area contributed by atoms with Gasteiger partial charge in [-0.1, -0.05) is 0 Å². The van der Waals surface area contributed by atoms with Gasteiger partial charge in [0.05, 0.1) is 12.6 Å². The molecule has 0 amide bonds. The maximum Gasteiger partial charge on any atom is 0.332 e. The van der Waals surface area contributed by atoms with Crippen molar-refractivity contribution in [2.45, 2.75) is 50.1 Å². The first kappa shape index (κ1) is 17.0. The van der Waals surface area contributed by atoms with Gasteiger partial charge in [-0.3, -0.25) is 4.79 Å². The molecule has 1 aliphatic rings. The van der Waals surface area contributed by atoms with Crippen LogP contribution in [0, 0.1) is 0 Å². The number of hydrogen-bond donors (Lipinski definition) is 5. The Balaban J connectivity index is 3.05. The van der Waals surface area contributed by atoms with Crippen LogP contribution in [-0.4, -0.2) is 75.0 Å². The molecule has 1 fully saturated rings. The predicted octanol–water partition coefficient (Wildman–Crippen LogP) is -2.80. The van der Waals surface area contributed by atoms with E-state index in [-0.39, 0.29) is 0 Å². The van der Waals surface area contributed by atoms with E-state index in [0.29, 0.717) is 0 Å². The molecule has 116 valence electrons. The van der Waals surface area contributed by atoms with Crippen molar-refractivity contribution in [2.24, 2.45) is 5.73 Å². The fourth-order valence-electron chi connectivity index (χ4n) is 1.95. The number of hydrogen-bond acceptors (Lipinski definition) is 8. The number of rotatable bonds is 5. The van der Waals surface area contributed by atoms with Crippen molar-refractivity contribution >= 4 is 11.8 Å². The van der Waals surface area contributed by atoms with Crippen molar-refractivity contribution in [2.75, 3.05) is 6.61 Å². The zero-order valence-corrected chi connectivity index (χ0v) is 11.1. The van der Waals surface area contributed by atoms with Gasteiger partial charge in [-0.05, 0) is 6.92 Å². The van der Waals surface area contributed by atoms with E-state index in [4.69, 9.17) is 25.4 Å². The highest BCUT2D eigenvalue weighted by Crippen LogP contribution is 2.30. The fraction of sp³-hybridized carbons (Fsp3) is 0.818. The molecule has 0 radical (unpaired) electrons. The second kappa shape index (κ2) is 6.12. The van der Waals surface area contributed by atoms with E-state index < -0.39 is 54.6 Å². The molecule has 0 bridgehead atoms. The average molecular weight is 293 g/mol. The van der Waals surface area contributed by atoms with E-state index in [1.807, 2.05) is 0 Å². The summed E-state index contributed by atoms with van der Waals surface area (Å²) in [5, 5.41) is 37.9. The minimum Gasteiger partial charge on any atom is -0.479 e. The van der Waals surface area contributed by atoms with Crippen LogP contribution in [0.25, 0.3) is 0 Å². The maximum atomic E-state index is 11.5. The van der Waals surface area contributed by atoms with Crippen LogP contribution in [0.5, 0.6) is 0 Å². The third-order valence-electron chi connectivity index (χ3n) is 3.25. The van der Waals surface area contributed by atoms with E-state index in [2.05, 4.69) is 0 Å². The maximum absolute atomic E-state index is 11.5. The van der Waals surface area contributed by atoms with Crippen molar-refractivity contribution < 1.29 is 39.5 Å². The van der Waals surface area contributed by atoms with Gasteiger partial charge in [-0.2, -0.15) is 0 Å². The highest BCUT2D eigenvalue weighted by Gasteiger charge is 2.55. The Morgan fingerprint density at radius 2 is 2.05 bits per heavy atom. The molecule has 1 heterocycles. The van der Waals surface area contributed by atoms with Gasteiger partial charge in [0.1, 0.15) is 18.3 Å². The number of carboxylic acids is 1. The van der Waals surface area contributed by atoms with Gasteiger partial charge in [0.15, 0.2) is 11.9 Å². The molecule has 0 aromatic rings. The molecule has 0 aromatic carbocycles. The molecule has 0 aromatic heterocycles. The lowest BCUT2D eigenvalue weighted by Gasteiger charge is -2.46. The van der Waals surface area contributed by atoms with Crippen LogP contribution in [0.15, 0.2) is 0 Å². The van der Waals surface area contributed by atoms with Crippen molar-refractivity contribution in [1.29, 1.82) is 0 Å². The first-order valence-electron chi connectivity index (χ1n) is 5.99. The Hall–Kier alpha value is -1.10. The smallest absolute Gasteiger partial charge is 0.332 e. The third-order valence-corrected chi connectivity index (χ3v) is 3.25. The van der Waals surface area contributed by atoms with Crippen LogP contribution >= 0.6 is 0 Å². The first-order chi connectivity index (χ1) is 9.15. The number of ketones is 1. The first-order valence-corrected chi connectivity index (χ1v) is 5.99. The van der Waals surface area contributed by atoms with E-state index in [1.54, 1.807) is 0 Å². The Labute approximate surface area is 114 Å². The number of carbonyl (C=O) groups excluding carboxylic acids is 1. The standard InChI is InChI=1S/C11H19NO8/c1-4(10(16)17)19-8-7(15)6(3-13)20-11(18,5(2)14)9(8)12/h4,6-9,13,15,18H,3,12H2,1-2H3,(H,16,17)/t4-,6-,7-,8+,9-,11?/m1/s1. The molecule has 0 aliphatic carbocycles. The van der Waals surface area contributed by atoms with Gasteiger partial charge in [0.25, 0.3) is 0 Å². The molecular weight excluding hydrogens is 274 g/mol. The van der Waals surface area contributed by atoms with Gasteiger partial charge >= 0.3 is 5.97 Å². The minimum atomic E-state index is -2.46. The van der Waals surface area contributed by atoms with E-state index in [9.17, 15) is 19.8 Å². The van der Waals surface area contributed by atoms with Gasteiger partial charge < -0.3 is 35.6 Å². The summed E-state index contributed by atoms with van der Waals surface area (Å²) in [4.78, 5) is 22.2. The molecule has 1 rings (SSSR count). The lowest BCUT2D eigenvalue weighted by Crippen LogP contribution is -2.71. The summed E-state index contributed by atoms with van der Waals surface area (Å²) in [6.07, 6.45) is -5.53. The van der Waals surface area contributed by atoms with E-state index in [0.717, 1.165) is 6.92 Å². The highest BCUT2D eigenvalue weighted by molar-refractivity contribution is 5.84. The van der Waals surface area contributed by atoms with Gasteiger partial charge in [-0.25, -0.2) is 4.79 Å². The summed E-state index contributed by atoms with van der Waals surface area (Å²) in [5.41, 5.74) is 5.66. The molecular formula is C11H19NO8. The van der Waals surface area contributed by atoms with Crippen LogP contribution in [0.4, 0.5) is 0 Å². The normalized spacial score (nSPS) is 39.3. The lowest BCUT2D eigenvalue weighted by molar-refractivity contribution is -0.305. The molecule has 0 spiro atoms. The molecule has 1 saturated heterocycles. The lowest BCUT2D eigenvalue weighted by atomic mass is 9.88. The quantitative estimate of drug-likeness (QED) is 0.360. The molecule has 9 heteroatoms. The van der Waals surface area contributed by atoms with Crippen molar-refractivity contribution in [3.05, 3.63) is 0 Å². The second-order valence-electron chi connectivity index (χ2n) is 4.69. The minimum absolute atomic E-state index is 0.704. The van der Waals surface area contributed by atoms with Crippen molar-refractivity contribution in [3.8, 4) is 0 Å². The molecule has 0 saturated carbocycles.